The lowest BCUT2D eigenvalue weighted by Crippen LogP contribution is -2.41. The molecule has 1 atom stereocenters. The first-order valence-corrected chi connectivity index (χ1v) is 4.21. The molecule has 0 bridgehead atoms. The fourth-order valence-corrected chi connectivity index (χ4v) is 1.39. The van der Waals surface area contributed by atoms with Gasteiger partial charge in [0.25, 0.3) is 0 Å². The summed E-state index contributed by atoms with van der Waals surface area (Å²) in [4.78, 5) is 10.8. The van der Waals surface area contributed by atoms with Crippen molar-refractivity contribution in [3.05, 3.63) is 34.6 Å². The highest BCUT2D eigenvalue weighted by Gasteiger charge is 2.32. The summed E-state index contributed by atoms with van der Waals surface area (Å²) < 4.78 is 12.7. The van der Waals surface area contributed by atoms with E-state index in [1.807, 2.05) is 0 Å². The van der Waals surface area contributed by atoms with E-state index in [0.29, 0.717) is 0 Å². The molecule has 0 saturated heterocycles. The van der Waals surface area contributed by atoms with Crippen molar-refractivity contribution in [1.82, 2.24) is 0 Å². The second-order valence-corrected chi connectivity index (χ2v) is 3.54. The Labute approximate surface area is 85.3 Å². The first kappa shape index (κ1) is 10.9. The maximum absolute atomic E-state index is 12.7. The maximum Gasteiger partial charge on any atom is 0.328 e. The molecule has 0 fully saturated rings. The van der Waals surface area contributed by atoms with Gasteiger partial charge in [0, 0.05) is 10.6 Å². The van der Waals surface area contributed by atoms with Gasteiger partial charge in [0.2, 0.25) is 0 Å². The minimum atomic E-state index is -1.61. The molecule has 0 aliphatic rings. The minimum Gasteiger partial charge on any atom is -0.480 e. The van der Waals surface area contributed by atoms with E-state index < -0.39 is 17.3 Å². The second-order valence-electron chi connectivity index (χ2n) is 3.13. The molecule has 0 aliphatic carbocycles. The maximum atomic E-state index is 12.7. The third kappa shape index (κ3) is 1.86. The van der Waals surface area contributed by atoms with Gasteiger partial charge in [0.1, 0.15) is 11.4 Å². The van der Waals surface area contributed by atoms with Gasteiger partial charge >= 0.3 is 5.97 Å². The molecule has 1 unspecified atom stereocenters. The Bertz CT molecular complexity index is 379. The predicted octanol–water partition coefficient (Wildman–Crippen LogP) is 1.74. The number of aliphatic carboxylic acids is 1. The second kappa shape index (κ2) is 3.55. The molecule has 0 saturated carbocycles. The largest absolute Gasteiger partial charge is 0.480 e. The third-order valence-electron chi connectivity index (χ3n) is 1.93. The monoisotopic (exact) mass is 217 g/mol. The highest BCUT2D eigenvalue weighted by Crippen LogP contribution is 2.26. The highest BCUT2D eigenvalue weighted by atomic mass is 35.5. The van der Waals surface area contributed by atoms with E-state index >= 15 is 0 Å². The van der Waals surface area contributed by atoms with Crippen molar-refractivity contribution in [3.63, 3.8) is 0 Å². The molecular weight excluding hydrogens is 209 g/mol. The van der Waals surface area contributed by atoms with Gasteiger partial charge in [-0.15, -0.1) is 0 Å². The molecule has 0 aromatic heterocycles. The van der Waals surface area contributed by atoms with Crippen LogP contribution < -0.4 is 5.73 Å². The van der Waals surface area contributed by atoms with E-state index in [9.17, 15) is 9.18 Å². The fourth-order valence-electron chi connectivity index (χ4n) is 1.03. The van der Waals surface area contributed by atoms with Crippen LogP contribution in [-0.4, -0.2) is 11.1 Å². The van der Waals surface area contributed by atoms with Gasteiger partial charge in [0.05, 0.1) is 0 Å². The van der Waals surface area contributed by atoms with Crippen molar-refractivity contribution >= 4 is 17.6 Å². The molecule has 0 aliphatic heterocycles. The number of carbonyl (C=O) groups is 1. The zero-order valence-corrected chi connectivity index (χ0v) is 8.18. The molecule has 0 spiro atoms. The fraction of sp³-hybridized carbons (Fsp3) is 0.222. The van der Waals surface area contributed by atoms with Crippen LogP contribution in [0.3, 0.4) is 0 Å². The molecule has 0 amide bonds. The quantitative estimate of drug-likeness (QED) is 0.793. The highest BCUT2D eigenvalue weighted by molar-refractivity contribution is 6.31. The van der Waals surface area contributed by atoms with E-state index in [4.69, 9.17) is 22.4 Å². The molecule has 3 nitrogen and oxygen atoms in total. The Morgan fingerprint density at radius 2 is 2.21 bits per heavy atom. The smallest absolute Gasteiger partial charge is 0.328 e. The van der Waals surface area contributed by atoms with Crippen LogP contribution in [0.1, 0.15) is 12.5 Å². The Balaban J connectivity index is 3.26. The van der Waals surface area contributed by atoms with Crippen LogP contribution in [0.4, 0.5) is 4.39 Å². The van der Waals surface area contributed by atoms with E-state index in [0.717, 1.165) is 12.1 Å². The van der Waals surface area contributed by atoms with Crippen LogP contribution in [0.2, 0.25) is 5.02 Å². The first-order valence-electron chi connectivity index (χ1n) is 3.83. The van der Waals surface area contributed by atoms with Crippen LogP contribution in [-0.2, 0) is 10.3 Å². The minimum absolute atomic E-state index is 0.0115. The zero-order valence-electron chi connectivity index (χ0n) is 7.42. The number of rotatable bonds is 2. The lowest BCUT2D eigenvalue weighted by atomic mass is 9.93. The van der Waals surface area contributed by atoms with Crippen molar-refractivity contribution in [2.45, 2.75) is 12.5 Å². The van der Waals surface area contributed by atoms with Gasteiger partial charge in [-0.2, -0.15) is 0 Å². The van der Waals surface area contributed by atoms with Crippen LogP contribution in [0.25, 0.3) is 0 Å². The third-order valence-corrected chi connectivity index (χ3v) is 2.25. The lowest BCUT2D eigenvalue weighted by molar-refractivity contribution is -0.143. The standard InChI is InChI=1S/C9H9ClFNO2/c1-9(12,8(13)14)6-3-2-5(11)4-7(6)10/h2-4H,12H2,1H3,(H,13,14). The summed E-state index contributed by atoms with van der Waals surface area (Å²) in [6.07, 6.45) is 0. The van der Waals surface area contributed by atoms with Crippen LogP contribution in [0.5, 0.6) is 0 Å². The molecule has 0 radical (unpaired) electrons. The van der Waals surface area contributed by atoms with Gasteiger partial charge in [-0.3, -0.25) is 0 Å². The molecule has 1 aromatic rings. The van der Waals surface area contributed by atoms with Crippen molar-refractivity contribution in [2.24, 2.45) is 5.73 Å². The van der Waals surface area contributed by atoms with Gasteiger partial charge in [0.15, 0.2) is 0 Å². The summed E-state index contributed by atoms with van der Waals surface area (Å²) in [6.45, 7) is 1.30. The van der Waals surface area contributed by atoms with Crippen molar-refractivity contribution < 1.29 is 14.3 Å². The Hall–Kier alpha value is -1.13. The Kier molecular flexibility index (Phi) is 2.78. The lowest BCUT2D eigenvalue weighted by Gasteiger charge is -2.20. The SMILES string of the molecule is CC(N)(C(=O)O)c1ccc(F)cc1Cl. The van der Waals surface area contributed by atoms with Crippen molar-refractivity contribution in [2.75, 3.05) is 0 Å². The van der Waals surface area contributed by atoms with Gasteiger partial charge in [-0.05, 0) is 19.1 Å². The van der Waals surface area contributed by atoms with Gasteiger partial charge in [-0.25, -0.2) is 9.18 Å². The molecule has 14 heavy (non-hydrogen) atoms. The topological polar surface area (TPSA) is 63.3 Å². The van der Waals surface area contributed by atoms with Crippen LogP contribution in [0.15, 0.2) is 18.2 Å². The molecule has 5 heteroatoms. The average Bonchev–Trinajstić information content (AvgIpc) is 2.02. The summed E-state index contributed by atoms with van der Waals surface area (Å²) in [7, 11) is 0. The van der Waals surface area contributed by atoms with E-state index in [1.165, 1.54) is 13.0 Å². The summed E-state index contributed by atoms with van der Waals surface area (Å²) in [5, 5.41) is 8.82. The molecule has 1 rings (SSSR count). The first-order chi connectivity index (χ1) is 6.35. The molecule has 1 aromatic carbocycles. The molecule has 76 valence electrons. The average molecular weight is 218 g/mol. The summed E-state index contributed by atoms with van der Waals surface area (Å²) in [6, 6.07) is 3.42. The van der Waals surface area contributed by atoms with E-state index in [1.54, 1.807) is 0 Å². The summed E-state index contributed by atoms with van der Waals surface area (Å²) >= 11 is 5.67. The summed E-state index contributed by atoms with van der Waals surface area (Å²) in [5.41, 5.74) is 4.11. The number of carboxylic acids is 1. The van der Waals surface area contributed by atoms with Gasteiger partial charge < -0.3 is 10.8 Å². The number of hydrogen-bond donors (Lipinski definition) is 2. The van der Waals surface area contributed by atoms with Crippen LogP contribution in [0, 0.1) is 5.82 Å². The van der Waals surface area contributed by atoms with Gasteiger partial charge in [-0.1, -0.05) is 17.7 Å². The molecule has 0 heterocycles. The van der Waals surface area contributed by atoms with Crippen molar-refractivity contribution in [1.29, 1.82) is 0 Å². The molecule has 3 N–H and O–H groups in total. The zero-order chi connectivity index (χ0) is 10.9. The van der Waals surface area contributed by atoms with E-state index in [2.05, 4.69) is 0 Å². The van der Waals surface area contributed by atoms with Crippen molar-refractivity contribution in [3.8, 4) is 0 Å². The molecular formula is C9H9ClFNO2. The number of carboxylic acid groups (broad SMARTS) is 1. The number of hydrogen-bond acceptors (Lipinski definition) is 2. The number of nitrogens with two attached hydrogens (primary N) is 1. The number of halogens is 2. The Morgan fingerprint density at radius 1 is 1.64 bits per heavy atom. The van der Waals surface area contributed by atoms with E-state index in [-0.39, 0.29) is 10.6 Å². The Morgan fingerprint density at radius 3 is 2.64 bits per heavy atom. The van der Waals surface area contributed by atoms with Crippen LogP contribution >= 0.6 is 11.6 Å². The summed E-state index contributed by atoms with van der Waals surface area (Å²) in [5.74, 6) is -1.74. The normalized spacial score (nSPS) is 14.9. The number of benzene rings is 1. The predicted molar refractivity (Wildman–Crippen MR) is 50.6 cm³/mol.